The van der Waals surface area contributed by atoms with E-state index in [2.05, 4.69) is 11.7 Å². The molecule has 0 aliphatic heterocycles. The van der Waals surface area contributed by atoms with Crippen LogP contribution in [0.5, 0.6) is 0 Å². The van der Waals surface area contributed by atoms with Gasteiger partial charge in [-0.1, -0.05) is 13.3 Å². The molecule has 1 radical (unpaired) electrons. The van der Waals surface area contributed by atoms with Crippen molar-refractivity contribution in [3.8, 4) is 0 Å². The molecule has 0 rings (SSSR count). The number of rotatable bonds is 5. The van der Waals surface area contributed by atoms with E-state index in [4.69, 9.17) is 4.74 Å². The molecule has 0 aliphatic carbocycles. The molecule has 0 N–H and O–H groups in total. The predicted molar refractivity (Wildman–Crippen MR) is 32.2 cm³/mol. The van der Waals surface area contributed by atoms with Crippen LogP contribution in [0.2, 0.25) is 0 Å². The Morgan fingerprint density at radius 3 is 2.75 bits per heavy atom. The van der Waals surface area contributed by atoms with Gasteiger partial charge in [0.2, 0.25) is 6.79 Å². The first-order chi connectivity index (χ1) is 3.91. The number of methoxy groups -OCH3 is 1. The van der Waals surface area contributed by atoms with Crippen molar-refractivity contribution in [2.45, 2.75) is 19.8 Å². The number of unbranched alkanes of at least 4 members (excludes halogenated alkanes) is 1. The largest absolute Gasteiger partial charge is 0.351 e. The van der Waals surface area contributed by atoms with Gasteiger partial charge in [-0.05, 0) is 6.42 Å². The van der Waals surface area contributed by atoms with Gasteiger partial charge in [-0.3, -0.25) is 0 Å². The second kappa shape index (κ2) is 6.92. The van der Waals surface area contributed by atoms with Gasteiger partial charge >= 0.3 is 0 Å². The maximum Gasteiger partial charge on any atom is 0.209 e. The minimum Gasteiger partial charge on any atom is -0.351 e. The number of ether oxygens (including phenoxy) is 2. The molecule has 0 amide bonds. The Labute approximate surface area is 50.8 Å². The van der Waals surface area contributed by atoms with Crippen molar-refractivity contribution in [2.75, 3.05) is 13.7 Å². The Hall–Kier alpha value is -0.0800. The highest BCUT2D eigenvalue weighted by Crippen LogP contribution is 1.89. The molecular formula is C6H13O2. The van der Waals surface area contributed by atoms with Gasteiger partial charge in [-0.25, -0.2) is 0 Å². The van der Waals surface area contributed by atoms with Crippen LogP contribution in [0.25, 0.3) is 0 Å². The normalized spacial score (nSPS) is 9.75. The Morgan fingerprint density at radius 1 is 1.50 bits per heavy atom. The SMILES string of the molecule is CCCCO[CH]OC. The summed E-state index contributed by atoms with van der Waals surface area (Å²) < 4.78 is 9.42. The van der Waals surface area contributed by atoms with E-state index in [9.17, 15) is 0 Å². The average molecular weight is 117 g/mol. The lowest BCUT2D eigenvalue weighted by atomic mass is 10.4. The molecule has 0 heterocycles. The van der Waals surface area contributed by atoms with Crippen LogP contribution in [0, 0.1) is 6.79 Å². The summed E-state index contributed by atoms with van der Waals surface area (Å²) in [5, 5.41) is 0. The highest BCUT2D eigenvalue weighted by atomic mass is 16.7. The molecule has 2 nitrogen and oxygen atoms in total. The minimum atomic E-state index is 0.768. The highest BCUT2D eigenvalue weighted by molar-refractivity contribution is 4.31. The fraction of sp³-hybridized carbons (Fsp3) is 0.833. The van der Waals surface area contributed by atoms with Crippen molar-refractivity contribution < 1.29 is 9.47 Å². The summed E-state index contributed by atoms with van der Waals surface area (Å²) >= 11 is 0. The van der Waals surface area contributed by atoms with E-state index in [0.29, 0.717) is 0 Å². The first kappa shape index (κ1) is 7.92. The Kier molecular flexibility index (Phi) is 6.85. The summed E-state index contributed by atoms with van der Waals surface area (Å²) in [6.45, 7) is 4.25. The van der Waals surface area contributed by atoms with Crippen molar-refractivity contribution in [3.05, 3.63) is 6.79 Å². The molecule has 0 bridgehead atoms. The van der Waals surface area contributed by atoms with Crippen LogP contribution in [0.1, 0.15) is 19.8 Å². The van der Waals surface area contributed by atoms with Crippen LogP contribution in [-0.2, 0) is 9.47 Å². The Bertz CT molecular complexity index is 31.5. The lowest BCUT2D eigenvalue weighted by Crippen LogP contribution is -1.91. The molecule has 0 aromatic heterocycles. The fourth-order valence-corrected chi connectivity index (χ4v) is 0.344. The summed E-state index contributed by atoms with van der Waals surface area (Å²) in [7, 11) is 1.58. The van der Waals surface area contributed by atoms with E-state index in [1.807, 2.05) is 0 Å². The van der Waals surface area contributed by atoms with Crippen molar-refractivity contribution in [3.63, 3.8) is 0 Å². The van der Waals surface area contributed by atoms with E-state index >= 15 is 0 Å². The van der Waals surface area contributed by atoms with Crippen LogP contribution >= 0.6 is 0 Å². The zero-order valence-electron chi connectivity index (χ0n) is 5.52. The van der Waals surface area contributed by atoms with E-state index in [1.54, 1.807) is 7.11 Å². The van der Waals surface area contributed by atoms with Crippen LogP contribution in [0.15, 0.2) is 0 Å². The minimum absolute atomic E-state index is 0.768. The lowest BCUT2D eigenvalue weighted by Gasteiger charge is -1.97. The third-order valence-corrected chi connectivity index (χ3v) is 0.780. The van der Waals surface area contributed by atoms with Gasteiger partial charge in [0.1, 0.15) is 0 Å². The summed E-state index contributed by atoms with van der Waals surface area (Å²) in [4.78, 5) is 0. The number of hydrogen-bond donors (Lipinski definition) is 0. The Morgan fingerprint density at radius 2 is 2.25 bits per heavy atom. The van der Waals surface area contributed by atoms with Crippen molar-refractivity contribution in [1.82, 2.24) is 0 Å². The first-order valence-corrected chi connectivity index (χ1v) is 2.88. The van der Waals surface area contributed by atoms with E-state index in [1.165, 1.54) is 6.79 Å². The van der Waals surface area contributed by atoms with Gasteiger partial charge < -0.3 is 9.47 Å². The molecule has 0 aromatic rings. The quantitative estimate of drug-likeness (QED) is 0.509. The zero-order chi connectivity index (χ0) is 6.24. The van der Waals surface area contributed by atoms with Crippen molar-refractivity contribution in [1.29, 1.82) is 0 Å². The molecule has 0 unspecified atom stereocenters. The molecule has 0 aromatic carbocycles. The van der Waals surface area contributed by atoms with Crippen molar-refractivity contribution in [2.24, 2.45) is 0 Å². The molecule has 0 spiro atoms. The summed E-state index contributed by atoms with van der Waals surface area (Å²) in [6.07, 6.45) is 2.26. The zero-order valence-corrected chi connectivity index (χ0v) is 5.52. The first-order valence-electron chi connectivity index (χ1n) is 2.88. The maximum absolute atomic E-state index is 4.88. The number of hydrogen-bond acceptors (Lipinski definition) is 2. The standard InChI is InChI=1S/C6H13O2/c1-3-4-5-8-6-7-2/h6H,3-5H2,1-2H3. The van der Waals surface area contributed by atoms with Crippen LogP contribution in [0.4, 0.5) is 0 Å². The van der Waals surface area contributed by atoms with Gasteiger partial charge in [0, 0.05) is 13.7 Å². The van der Waals surface area contributed by atoms with Gasteiger partial charge in [-0.15, -0.1) is 0 Å². The smallest absolute Gasteiger partial charge is 0.209 e. The lowest BCUT2D eigenvalue weighted by molar-refractivity contribution is 0.0457. The topological polar surface area (TPSA) is 18.5 Å². The predicted octanol–water partition coefficient (Wildman–Crippen LogP) is 1.57. The van der Waals surface area contributed by atoms with E-state index < -0.39 is 0 Å². The van der Waals surface area contributed by atoms with Gasteiger partial charge in [-0.2, -0.15) is 0 Å². The highest BCUT2D eigenvalue weighted by Gasteiger charge is 1.82. The summed E-state index contributed by atoms with van der Waals surface area (Å²) in [5.74, 6) is 0. The van der Waals surface area contributed by atoms with Crippen LogP contribution in [0.3, 0.4) is 0 Å². The second-order valence-corrected chi connectivity index (χ2v) is 1.56. The third kappa shape index (κ3) is 5.92. The molecule has 49 valence electrons. The van der Waals surface area contributed by atoms with E-state index in [-0.39, 0.29) is 0 Å². The average Bonchev–Trinajstić information content (AvgIpc) is 1.81. The molecule has 8 heavy (non-hydrogen) atoms. The monoisotopic (exact) mass is 117 g/mol. The molecule has 0 saturated heterocycles. The molecule has 0 aliphatic rings. The summed E-state index contributed by atoms with van der Waals surface area (Å²) in [5.41, 5.74) is 0. The molecule has 2 heteroatoms. The van der Waals surface area contributed by atoms with E-state index in [0.717, 1.165) is 19.4 Å². The summed E-state index contributed by atoms with van der Waals surface area (Å²) in [6, 6.07) is 0. The van der Waals surface area contributed by atoms with Gasteiger partial charge in [0.15, 0.2) is 0 Å². The molecular weight excluding hydrogens is 104 g/mol. The van der Waals surface area contributed by atoms with Crippen LogP contribution < -0.4 is 0 Å². The molecule has 0 atom stereocenters. The van der Waals surface area contributed by atoms with Crippen molar-refractivity contribution >= 4 is 0 Å². The maximum atomic E-state index is 4.88. The van der Waals surface area contributed by atoms with Gasteiger partial charge in [0.25, 0.3) is 0 Å². The Balaban J connectivity index is 2.53. The molecule has 0 saturated carbocycles. The third-order valence-electron chi connectivity index (χ3n) is 0.780. The second-order valence-electron chi connectivity index (χ2n) is 1.56. The molecule has 0 fully saturated rings. The van der Waals surface area contributed by atoms with Crippen LogP contribution in [-0.4, -0.2) is 13.7 Å². The van der Waals surface area contributed by atoms with Gasteiger partial charge in [0.05, 0.1) is 0 Å². The fourth-order valence-electron chi connectivity index (χ4n) is 0.344.